The molecule has 1 aliphatic rings. The lowest BCUT2D eigenvalue weighted by molar-refractivity contribution is -0.108. The topological polar surface area (TPSA) is 26.3 Å². The fourth-order valence-corrected chi connectivity index (χ4v) is 1.54. The number of para-hydroxylation sites is 1. The zero-order valence-electron chi connectivity index (χ0n) is 6.69. The maximum Gasteiger partial charge on any atom is 0.122 e. The first-order valence-electron chi connectivity index (χ1n) is 4.07. The summed E-state index contributed by atoms with van der Waals surface area (Å²) in [6.07, 6.45) is 1.52. The van der Waals surface area contributed by atoms with Crippen LogP contribution in [0.3, 0.4) is 0 Å². The summed E-state index contributed by atoms with van der Waals surface area (Å²) in [7, 11) is 0. The fourth-order valence-electron chi connectivity index (χ4n) is 1.54. The third-order valence-corrected chi connectivity index (χ3v) is 2.18. The van der Waals surface area contributed by atoms with E-state index in [0.29, 0.717) is 13.0 Å². The molecule has 0 radical (unpaired) electrons. The van der Waals surface area contributed by atoms with Crippen molar-refractivity contribution in [2.24, 2.45) is 0 Å². The molecule has 1 heterocycles. The minimum absolute atomic E-state index is 0.277. The van der Waals surface area contributed by atoms with Gasteiger partial charge in [-0.05, 0) is 6.07 Å². The average molecular weight is 162 g/mol. The van der Waals surface area contributed by atoms with E-state index in [1.807, 2.05) is 24.3 Å². The summed E-state index contributed by atoms with van der Waals surface area (Å²) < 4.78 is 5.40. The van der Waals surface area contributed by atoms with Crippen molar-refractivity contribution in [2.75, 3.05) is 6.61 Å². The van der Waals surface area contributed by atoms with E-state index >= 15 is 0 Å². The zero-order valence-corrected chi connectivity index (χ0v) is 6.69. The smallest absolute Gasteiger partial charge is 0.122 e. The molecule has 2 heteroatoms. The lowest BCUT2D eigenvalue weighted by Crippen LogP contribution is -2.00. The molecule has 0 spiro atoms. The van der Waals surface area contributed by atoms with E-state index in [1.165, 1.54) is 5.56 Å². The Morgan fingerprint density at radius 2 is 2.33 bits per heavy atom. The van der Waals surface area contributed by atoms with Crippen LogP contribution in [0.25, 0.3) is 0 Å². The van der Waals surface area contributed by atoms with Gasteiger partial charge in [0.1, 0.15) is 12.0 Å². The second kappa shape index (κ2) is 2.97. The summed E-state index contributed by atoms with van der Waals surface area (Å²) >= 11 is 0. The van der Waals surface area contributed by atoms with Crippen LogP contribution in [0.2, 0.25) is 0 Å². The zero-order chi connectivity index (χ0) is 8.39. The standard InChI is InChI=1S/C10H10O2/c11-6-5-8-7-12-10-4-2-1-3-9(8)10/h1-4,6,8H,5,7H2. The number of fused-ring (bicyclic) bond motifs is 1. The van der Waals surface area contributed by atoms with E-state index < -0.39 is 0 Å². The number of aldehydes is 1. The Morgan fingerprint density at radius 3 is 3.17 bits per heavy atom. The quantitative estimate of drug-likeness (QED) is 0.619. The molecule has 12 heavy (non-hydrogen) atoms. The first-order valence-corrected chi connectivity index (χ1v) is 4.07. The molecule has 2 nitrogen and oxygen atoms in total. The molecular formula is C10H10O2. The van der Waals surface area contributed by atoms with Gasteiger partial charge < -0.3 is 9.53 Å². The van der Waals surface area contributed by atoms with E-state index in [0.717, 1.165) is 12.0 Å². The van der Waals surface area contributed by atoms with E-state index in [2.05, 4.69) is 0 Å². The summed E-state index contributed by atoms with van der Waals surface area (Å²) in [6.45, 7) is 0.651. The van der Waals surface area contributed by atoms with Gasteiger partial charge in [0.2, 0.25) is 0 Å². The Kier molecular flexibility index (Phi) is 1.82. The molecule has 1 atom stereocenters. The minimum atomic E-state index is 0.277. The highest BCUT2D eigenvalue weighted by Crippen LogP contribution is 2.34. The number of benzene rings is 1. The van der Waals surface area contributed by atoms with Crippen LogP contribution in [0.4, 0.5) is 0 Å². The number of hydrogen-bond donors (Lipinski definition) is 0. The molecule has 0 bridgehead atoms. The Hall–Kier alpha value is -1.31. The highest BCUT2D eigenvalue weighted by molar-refractivity contribution is 5.54. The lowest BCUT2D eigenvalue weighted by atomic mass is 9.99. The van der Waals surface area contributed by atoms with E-state index in [-0.39, 0.29) is 5.92 Å². The van der Waals surface area contributed by atoms with Crippen LogP contribution in [-0.4, -0.2) is 12.9 Å². The van der Waals surface area contributed by atoms with Crippen LogP contribution >= 0.6 is 0 Å². The van der Waals surface area contributed by atoms with E-state index in [1.54, 1.807) is 0 Å². The van der Waals surface area contributed by atoms with Crippen molar-refractivity contribution in [3.8, 4) is 5.75 Å². The van der Waals surface area contributed by atoms with Gasteiger partial charge in [-0.2, -0.15) is 0 Å². The molecule has 0 aliphatic carbocycles. The summed E-state index contributed by atoms with van der Waals surface area (Å²) in [6, 6.07) is 7.89. The third-order valence-electron chi connectivity index (χ3n) is 2.18. The number of rotatable bonds is 2. The second-order valence-corrected chi connectivity index (χ2v) is 2.95. The van der Waals surface area contributed by atoms with Gasteiger partial charge in [0.05, 0.1) is 6.61 Å². The number of hydrogen-bond acceptors (Lipinski definition) is 2. The van der Waals surface area contributed by atoms with Crippen molar-refractivity contribution in [2.45, 2.75) is 12.3 Å². The van der Waals surface area contributed by atoms with Crippen molar-refractivity contribution in [3.05, 3.63) is 29.8 Å². The summed E-state index contributed by atoms with van der Waals surface area (Å²) in [5.74, 6) is 1.21. The number of carbonyl (C=O) groups excluding carboxylic acids is 1. The highest BCUT2D eigenvalue weighted by atomic mass is 16.5. The van der Waals surface area contributed by atoms with Crippen molar-refractivity contribution >= 4 is 6.29 Å². The number of carbonyl (C=O) groups is 1. The first kappa shape index (κ1) is 7.35. The maximum absolute atomic E-state index is 10.3. The fraction of sp³-hybridized carbons (Fsp3) is 0.300. The molecule has 0 saturated carbocycles. The predicted octanol–water partition coefficient (Wildman–Crippen LogP) is 1.75. The Morgan fingerprint density at radius 1 is 1.50 bits per heavy atom. The highest BCUT2D eigenvalue weighted by Gasteiger charge is 2.22. The molecule has 62 valence electrons. The van der Waals surface area contributed by atoms with Crippen LogP contribution in [0, 0.1) is 0 Å². The number of ether oxygens (including phenoxy) is 1. The molecule has 1 aromatic carbocycles. The average Bonchev–Trinajstić information content (AvgIpc) is 2.50. The summed E-state index contributed by atoms with van der Waals surface area (Å²) in [4.78, 5) is 10.3. The molecule has 2 rings (SSSR count). The van der Waals surface area contributed by atoms with Gasteiger partial charge in [0.15, 0.2) is 0 Å². The minimum Gasteiger partial charge on any atom is -0.493 e. The molecule has 0 amide bonds. The van der Waals surface area contributed by atoms with Crippen LogP contribution in [0.1, 0.15) is 17.9 Å². The monoisotopic (exact) mass is 162 g/mol. The van der Waals surface area contributed by atoms with E-state index in [9.17, 15) is 4.79 Å². The SMILES string of the molecule is O=CCC1COc2ccccc21. The predicted molar refractivity (Wildman–Crippen MR) is 45.4 cm³/mol. The largest absolute Gasteiger partial charge is 0.493 e. The summed E-state index contributed by atoms with van der Waals surface area (Å²) in [5, 5.41) is 0. The molecule has 0 saturated heterocycles. The Balaban J connectivity index is 2.29. The Labute approximate surface area is 71.2 Å². The molecular weight excluding hydrogens is 152 g/mol. The Bertz CT molecular complexity index is 294. The van der Waals surface area contributed by atoms with Gasteiger partial charge in [-0.3, -0.25) is 0 Å². The van der Waals surface area contributed by atoms with Crippen molar-refractivity contribution in [1.29, 1.82) is 0 Å². The molecule has 0 aromatic heterocycles. The third kappa shape index (κ3) is 1.09. The first-order chi connectivity index (χ1) is 5.92. The van der Waals surface area contributed by atoms with Gasteiger partial charge in [0, 0.05) is 17.9 Å². The van der Waals surface area contributed by atoms with Gasteiger partial charge in [-0.25, -0.2) is 0 Å². The van der Waals surface area contributed by atoms with Crippen LogP contribution in [-0.2, 0) is 4.79 Å². The van der Waals surface area contributed by atoms with Crippen molar-refractivity contribution in [3.63, 3.8) is 0 Å². The molecule has 1 aliphatic heterocycles. The van der Waals surface area contributed by atoms with Crippen LogP contribution in [0.5, 0.6) is 5.75 Å². The summed E-state index contributed by atoms with van der Waals surface area (Å²) in [5.41, 5.74) is 1.17. The van der Waals surface area contributed by atoms with E-state index in [4.69, 9.17) is 4.74 Å². The van der Waals surface area contributed by atoms with Gasteiger partial charge in [0.25, 0.3) is 0 Å². The van der Waals surface area contributed by atoms with Crippen LogP contribution < -0.4 is 4.74 Å². The normalized spacial score (nSPS) is 19.8. The van der Waals surface area contributed by atoms with Crippen molar-refractivity contribution < 1.29 is 9.53 Å². The lowest BCUT2D eigenvalue weighted by Gasteiger charge is -2.01. The van der Waals surface area contributed by atoms with Gasteiger partial charge >= 0.3 is 0 Å². The molecule has 0 fully saturated rings. The van der Waals surface area contributed by atoms with Gasteiger partial charge in [-0.15, -0.1) is 0 Å². The maximum atomic E-state index is 10.3. The van der Waals surface area contributed by atoms with Crippen molar-refractivity contribution in [1.82, 2.24) is 0 Å². The van der Waals surface area contributed by atoms with Crippen LogP contribution in [0.15, 0.2) is 24.3 Å². The second-order valence-electron chi connectivity index (χ2n) is 2.95. The van der Waals surface area contributed by atoms with Gasteiger partial charge in [-0.1, -0.05) is 18.2 Å². The molecule has 1 unspecified atom stereocenters. The molecule has 1 aromatic rings. The molecule has 0 N–H and O–H groups in total.